The van der Waals surface area contributed by atoms with Crippen molar-refractivity contribution >= 4 is 6.03 Å². The average molecular weight is 309 g/mol. The van der Waals surface area contributed by atoms with Crippen LogP contribution in [0.25, 0.3) is 0 Å². The van der Waals surface area contributed by atoms with Gasteiger partial charge in [-0.05, 0) is 51.9 Å². The third-order valence-corrected chi connectivity index (χ3v) is 5.90. The number of amides is 2. The Balaban J connectivity index is 1.40. The molecule has 2 aliphatic carbocycles. The van der Waals surface area contributed by atoms with Crippen molar-refractivity contribution in [2.24, 2.45) is 0 Å². The first kappa shape index (κ1) is 16.1. The molecule has 5 nitrogen and oxygen atoms in total. The van der Waals surface area contributed by atoms with Crippen LogP contribution >= 0.6 is 0 Å². The molecule has 3 rings (SSSR count). The first-order chi connectivity index (χ1) is 10.6. The zero-order chi connectivity index (χ0) is 15.6. The van der Waals surface area contributed by atoms with Crippen LogP contribution in [0.3, 0.4) is 0 Å². The van der Waals surface area contributed by atoms with Crippen LogP contribution in [0.1, 0.15) is 64.7 Å². The van der Waals surface area contributed by atoms with Gasteiger partial charge in [0.05, 0.1) is 6.10 Å². The number of hydrogen-bond donors (Lipinski definition) is 3. The van der Waals surface area contributed by atoms with Crippen LogP contribution in [0.2, 0.25) is 0 Å². The van der Waals surface area contributed by atoms with Gasteiger partial charge < -0.3 is 15.7 Å². The van der Waals surface area contributed by atoms with Crippen LogP contribution in [-0.2, 0) is 0 Å². The monoisotopic (exact) mass is 309 g/mol. The Hall–Kier alpha value is -0.810. The molecule has 3 N–H and O–H groups in total. The van der Waals surface area contributed by atoms with Gasteiger partial charge in [0.1, 0.15) is 0 Å². The summed E-state index contributed by atoms with van der Waals surface area (Å²) >= 11 is 0. The van der Waals surface area contributed by atoms with Crippen molar-refractivity contribution in [3.05, 3.63) is 0 Å². The molecule has 0 aromatic carbocycles. The van der Waals surface area contributed by atoms with Gasteiger partial charge in [0.2, 0.25) is 0 Å². The predicted octanol–water partition coefficient (Wildman–Crippen LogP) is 2.00. The largest absolute Gasteiger partial charge is 0.391 e. The van der Waals surface area contributed by atoms with Crippen LogP contribution in [0.4, 0.5) is 4.79 Å². The number of aliphatic hydroxyl groups is 1. The number of piperidine rings is 1. The third-order valence-electron chi connectivity index (χ3n) is 5.90. The molecule has 126 valence electrons. The van der Waals surface area contributed by atoms with Crippen molar-refractivity contribution in [2.45, 2.75) is 88.4 Å². The van der Waals surface area contributed by atoms with Gasteiger partial charge in [-0.25, -0.2) is 4.79 Å². The van der Waals surface area contributed by atoms with E-state index in [-0.39, 0.29) is 23.7 Å². The summed E-state index contributed by atoms with van der Waals surface area (Å²) in [6.07, 6.45) is 9.72. The van der Waals surface area contributed by atoms with Gasteiger partial charge >= 0.3 is 6.03 Å². The van der Waals surface area contributed by atoms with E-state index in [4.69, 9.17) is 0 Å². The Morgan fingerprint density at radius 3 is 2.36 bits per heavy atom. The van der Waals surface area contributed by atoms with Gasteiger partial charge in [0.15, 0.2) is 0 Å². The molecule has 22 heavy (non-hydrogen) atoms. The fourth-order valence-electron chi connectivity index (χ4n) is 4.22. The molecule has 3 fully saturated rings. The number of carbonyl (C=O) groups excluding carboxylic acids is 1. The second-order valence-corrected chi connectivity index (χ2v) is 7.74. The third kappa shape index (κ3) is 3.74. The van der Waals surface area contributed by atoms with E-state index in [0.717, 1.165) is 58.0 Å². The van der Waals surface area contributed by atoms with E-state index in [1.807, 2.05) is 0 Å². The Kier molecular flexibility index (Phi) is 4.93. The van der Waals surface area contributed by atoms with E-state index in [0.29, 0.717) is 6.04 Å². The van der Waals surface area contributed by atoms with E-state index >= 15 is 0 Å². The molecule has 0 bridgehead atoms. The number of carbonyl (C=O) groups is 1. The second-order valence-electron chi connectivity index (χ2n) is 7.74. The number of likely N-dealkylation sites (tertiary alicyclic amines) is 1. The molecule has 5 heteroatoms. The van der Waals surface area contributed by atoms with E-state index in [1.165, 1.54) is 12.8 Å². The Bertz CT molecular complexity index is 389. The van der Waals surface area contributed by atoms with Gasteiger partial charge in [-0.3, -0.25) is 4.90 Å². The molecule has 1 aliphatic heterocycles. The Labute approximate surface area is 133 Å². The highest BCUT2D eigenvalue weighted by Crippen LogP contribution is 2.31. The van der Waals surface area contributed by atoms with Crippen molar-refractivity contribution in [1.82, 2.24) is 15.5 Å². The van der Waals surface area contributed by atoms with Gasteiger partial charge in [-0.1, -0.05) is 12.8 Å². The zero-order valence-electron chi connectivity index (χ0n) is 13.8. The van der Waals surface area contributed by atoms with Crippen molar-refractivity contribution < 1.29 is 9.90 Å². The molecule has 0 spiro atoms. The van der Waals surface area contributed by atoms with Gasteiger partial charge in [-0.15, -0.1) is 0 Å². The first-order valence-corrected chi connectivity index (χ1v) is 9.07. The quantitative estimate of drug-likeness (QED) is 0.747. The highest BCUT2D eigenvalue weighted by atomic mass is 16.3. The van der Waals surface area contributed by atoms with Crippen molar-refractivity contribution in [3.8, 4) is 0 Å². The molecule has 0 aromatic heterocycles. The summed E-state index contributed by atoms with van der Waals surface area (Å²) in [6.45, 7) is 4.11. The second kappa shape index (κ2) is 6.75. The predicted molar refractivity (Wildman–Crippen MR) is 86.8 cm³/mol. The van der Waals surface area contributed by atoms with E-state index < -0.39 is 0 Å². The fraction of sp³-hybridized carbons (Fsp3) is 0.941. The van der Waals surface area contributed by atoms with Gasteiger partial charge in [0, 0.05) is 30.7 Å². The summed E-state index contributed by atoms with van der Waals surface area (Å²) in [6, 6.07) is 0.622. The minimum atomic E-state index is -0.153. The summed E-state index contributed by atoms with van der Waals surface area (Å²) in [5.74, 6) is 0. The lowest BCUT2D eigenvalue weighted by Crippen LogP contribution is -2.57. The maximum absolute atomic E-state index is 12.1. The lowest BCUT2D eigenvalue weighted by atomic mass is 9.79. The summed E-state index contributed by atoms with van der Waals surface area (Å²) < 4.78 is 0. The maximum Gasteiger partial charge on any atom is 0.315 e. The highest BCUT2D eigenvalue weighted by molar-refractivity contribution is 5.75. The van der Waals surface area contributed by atoms with Crippen LogP contribution in [-0.4, -0.2) is 52.9 Å². The fourth-order valence-corrected chi connectivity index (χ4v) is 4.22. The number of hydrogen-bond acceptors (Lipinski definition) is 3. The lowest BCUT2D eigenvalue weighted by molar-refractivity contribution is 0.00768. The average Bonchev–Trinajstić information content (AvgIpc) is 2.47. The standard InChI is InChI=1S/C17H31N3O2/c1-17(9-4-10-17)19-16(22)18-13-7-11-20(12-8-13)14-5-2-3-6-15(14)21/h13-15,21H,2-12H2,1H3,(H2,18,19,22). The van der Waals surface area contributed by atoms with Gasteiger partial charge in [0.25, 0.3) is 0 Å². The van der Waals surface area contributed by atoms with Crippen molar-refractivity contribution in [3.63, 3.8) is 0 Å². The minimum Gasteiger partial charge on any atom is -0.391 e. The highest BCUT2D eigenvalue weighted by Gasteiger charge is 2.35. The maximum atomic E-state index is 12.1. The first-order valence-electron chi connectivity index (χ1n) is 9.07. The van der Waals surface area contributed by atoms with E-state index in [1.54, 1.807) is 0 Å². The topological polar surface area (TPSA) is 64.6 Å². The smallest absolute Gasteiger partial charge is 0.315 e. The molecule has 2 atom stereocenters. The summed E-state index contributed by atoms with van der Waals surface area (Å²) in [4.78, 5) is 14.5. The van der Waals surface area contributed by atoms with E-state index in [2.05, 4.69) is 22.5 Å². The molecule has 2 saturated carbocycles. The van der Waals surface area contributed by atoms with Crippen LogP contribution in [0, 0.1) is 0 Å². The minimum absolute atomic E-state index is 0.00153. The number of rotatable bonds is 3. The van der Waals surface area contributed by atoms with Crippen LogP contribution in [0.5, 0.6) is 0 Å². The van der Waals surface area contributed by atoms with Crippen LogP contribution < -0.4 is 10.6 Å². The molecule has 3 aliphatic rings. The molecule has 0 aromatic rings. The summed E-state index contributed by atoms with van der Waals surface area (Å²) in [5, 5.41) is 16.4. The number of nitrogens with zero attached hydrogens (tertiary/aromatic N) is 1. The number of nitrogens with one attached hydrogen (secondary N) is 2. The van der Waals surface area contributed by atoms with Crippen molar-refractivity contribution in [1.29, 1.82) is 0 Å². The number of aliphatic hydroxyl groups excluding tert-OH is 1. The molecular formula is C17H31N3O2. The zero-order valence-corrected chi connectivity index (χ0v) is 13.8. The molecule has 1 heterocycles. The van der Waals surface area contributed by atoms with E-state index in [9.17, 15) is 9.90 Å². The molecule has 0 radical (unpaired) electrons. The normalized spacial score (nSPS) is 33.0. The molecule has 1 saturated heterocycles. The molecular weight excluding hydrogens is 278 g/mol. The Morgan fingerprint density at radius 1 is 1.09 bits per heavy atom. The summed E-state index contributed by atoms with van der Waals surface area (Å²) in [7, 11) is 0. The molecule has 2 amide bonds. The SMILES string of the molecule is CC1(NC(=O)NC2CCN(C3CCCCC3O)CC2)CCC1. The lowest BCUT2D eigenvalue weighted by Gasteiger charge is -2.42. The number of urea groups is 1. The van der Waals surface area contributed by atoms with Crippen molar-refractivity contribution in [2.75, 3.05) is 13.1 Å². The van der Waals surface area contributed by atoms with Gasteiger partial charge in [-0.2, -0.15) is 0 Å². The summed E-state index contributed by atoms with van der Waals surface area (Å²) in [5.41, 5.74) is 0.0248. The van der Waals surface area contributed by atoms with Crippen LogP contribution in [0.15, 0.2) is 0 Å². The molecule has 2 unspecified atom stereocenters. The Morgan fingerprint density at radius 2 is 1.77 bits per heavy atom.